The van der Waals surface area contributed by atoms with Crippen molar-refractivity contribution in [1.82, 2.24) is 24.3 Å². The Morgan fingerprint density at radius 2 is 2.06 bits per heavy atom. The van der Waals surface area contributed by atoms with Gasteiger partial charge < -0.3 is 19.6 Å². The number of fused-ring (bicyclic) bond motifs is 2. The average Bonchev–Trinajstić information content (AvgIpc) is 3.50. The molecule has 0 aliphatic carbocycles. The van der Waals surface area contributed by atoms with Crippen LogP contribution in [0.15, 0.2) is 70.5 Å². The molecule has 1 aromatic carbocycles. The monoisotopic (exact) mass is 455 g/mol. The van der Waals surface area contributed by atoms with Gasteiger partial charge in [-0.2, -0.15) is 5.10 Å². The zero-order valence-corrected chi connectivity index (χ0v) is 18.7. The van der Waals surface area contributed by atoms with Crippen LogP contribution in [0.4, 0.5) is 5.95 Å². The standard InChI is InChI=1S/C25H25N7O2/c26-19-5-3-10-30(14-19)25-29-21-12-28-32(15-22-20-6-2-1-4-18(20)7-9-27-22)24(33)23(21)31(25)13-17-8-11-34-16-17/h1-2,4,6-9,11-12,16,19H,3,5,10,13-15,26H2. The Hall–Kier alpha value is -3.98. The van der Waals surface area contributed by atoms with Crippen LogP contribution < -0.4 is 16.2 Å². The van der Waals surface area contributed by atoms with E-state index in [1.165, 1.54) is 4.68 Å². The molecule has 1 saturated heterocycles. The lowest BCUT2D eigenvalue weighted by Crippen LogP contribution is -2.44. The Balaban J connectivity index is 1.48. The topological polar surface area (TPSA) is 108 Å². The Bertz CT molecular complexity index is 1510. The van der Waals surface area contributed by atoms with Crippen molar-refractivity contribution < 1.29 is 4.42 Å². The number of nitrogens with zero attached hydrogens (tertiary/aromatic N) is 6. The fraction of sp³-hybridized carbons (Fsp3) is 0.280. The Kier molecular flexibility index (Phi) is 5.10. The zero-order chi connectivity index (χ0) is 23.1. The third-order valence-electron chi connectivity index (χ3n) is 6.45. The van der Waals surface area contributed by atoms with E-state index in [2.05, 4.69) is 15.0 Å². The van der Waals surface area contributed by atoms with Gasteiger partial charge >= 0.3 is 0 Å². The van der Waals surface area contributed by atoms with E-state index in [1.54, 1.807) is 24.9 Å². The zero-order valence-electron chi connectivity index (χ0n) is 18.7. The first-order chi connectivity index (χ1) is 16.7. The molecule has 1 atom stereocenters. The highest BCUT2D eigenvalue weighted by Gasteiger charge is 2.25. The van der Waals surface area contributed by atoms with Gasteiger partial charge in [0, 0.05) is 36.3 Å². The van der Waals surface area contributed by atoms with Gasteiger partial charge in [-0.1, -0.05) is 24.3 Å². The van der Waals surface area contributed by atoms with E-state index in [1.807, 2.05) is 41.0 Å². The summed E-state index contributed by atoms with van der Waals surface area (Å²) in [7, 11) is 0. The normalized spacial score (nSPS) is 16.5. The van der Waals surface area contributed by atoms with Gasteiger partial charge in [-0.15, -0.1) is 0 Å². The van der Waals surface area contributed by atoms with Crippen molar-refractivity contribution in [3.05, 3.63) is 82.9 Å². The summed E-state index contributed by atoms with van der Waals surface area (Å²) < 4.78 is 8.72. The van der Waals surface area contributed by atoms with Crippen LogP contribution in [0.25, 0.3) is 21.8 Å². The highest BCUT2D eigenvalue weighted by atomic mass is 16.3. The Morgan fingerprint density at radius 1 is 1.15 bits per heavy atom. The maximum atomic E-state index is 13.7. The largest absolute Gasteiger partial charge is 0.472 e. The van der Waals surface area contributed by atoms with Gasteiger partial charge in [-0.3, -0.25) is 9.78 Å². The molecule has 0 bridgehead atoms. The van der Waals surface area contributed by atoms with E-state index in [4.69, 9.17) is 15.1 Å². The molecule has 1 aliphatic heterocycles. The third-order valence-corrected chi connectivity index (χ3v) is 6.45. The summed E-state index contributed by atoms with van der Waals surface area (Å²) in [5.74, 6) is 0.742. The first kappa shape index (κ1) is 20.6. The van der Waals surface area contributed by atoms with Crippen LogP contribution in [0.2, 0.25) is 0 Å². The predicted molar refractivity (Wildman–Crippen MR) is 130 cm³/mol. The van der Waals surface area contributed by atoms with E-state index in [-0.39, 0.29) is 18.1 Å². The van der Waals surface area contributed by atoms with Crippen LogP contribution in [-0.2, 0) is 13.1 Å². The number of nitrogens with two attached hydrogens (primary N) is 1. The van der Waals surface area contributed by atoms with Gasteiger partial charge in [0.15, 0.2) is 0 Å². The molecule has 0 amide bonds. The first-order valence-corrected chi connectivity index (χ1v) is 11.5. The van der Waals surface area contributed by atoms with Crippen LogP contribution in [-0.4, -0.2) is 43.4 Å². The van der Waals surface area contributed by atoms with Gasteiger partial charge in [0.25, 0.3) is 5.56 Å². The lowest BCUT2D eigenvalue weighted by Gasteiger charge is -2.31. The van der Waals surface area contributed by atoms with Crippen molar-refractivity contribution in [3.63, 3.8) is 0 Å². The molecule has 1 unspecified atom stereocenters. The maximum Gasteiger partial charge on any atom is 0.293 e. The summed E-state index contributed by atoms with van der Waals surface area (Å²) in [4.78, 5) is 25.3. The van der Waals surface area contributed by atoms with Crippen molar-refractivity contribution in [1.29, 1.82) is 0 Å². The summed E-state index contributed by atoms with van der Waals surface area (Å²) in [6, 6.07) is 12.0. The minimum Gasteiger partial charge on any atom is -0.472 e. The predicted octanol–water partition coefficient (Wildman–Crippen LogP) is 2.76. The van der Waals surface area contributed by atoms with Gasteiger partial charge in [-0.05, 0) is 30.4 Å². The van der Waals surface area contributed by atoms with E-state index in [0.717, 1.165) is 47.4 Å². The van der Waals surface area contributed by atoms with Gasteiger partial charge in [0.05, 0.1) is 37.5 Å². The number of hydrogen-bond acceptors (Lipinski definition) is 7. The number of aromatic nitrogens is 5. The van der Waals surface area contributed by atoms with Crippen LogP contribution in [0.5, 0.6) is 0 Å². The smallest absolute Gasteiger partial charge is 0.293 e. The SMILES string of the molecule is NC1CCCN(c2nc3cnn(Cc4nccc5ccccc45)c(=O)c3n2Cc2ccoc2)C1. The second-order valence-corrected chi connectivity index (χ2v) is 8.80. The van der Waals surface area contributed by atoms with Gasteiger partial charge in [-0.25, -0.2) is 9.67 Å². The molecule has 9 heteroatoms. The average molecular weight is 456 g/mol. The molecule has 6 rings (SSSR count). The number of piperidine rings is 1. The summed E-state index contributed by atoms with van der Waals surface area (Å²) in [5.41, 5.74) is 8.90. The number of imidazole rings is 1. The third kappa shape index (κ3) is 3.63. The molecule has 1 aliphatic rings. The Morgan fingerprint density at radius 3 is 2.91 bits per heavy atom. The highest BCUT2D eigenvalue weighted by molar-refractivity contribution is 5.84. The first-order valence-electron chi connectivity index (χ1n) is 11.5. The van der Waals surface area contributed by atoms with Crippen LogP contribution in [0, 0.1) is 0 Å². The quantitative estimate of drug-likeness (QED) is 0.434. The molecule has 5 aromatic rings. The molecule has 1 fully saturated rings. The van der Waals surface area contributed by atoms with Gasteiger partial charge in [0.1, 0.15) is 11.0 Å². The summed E-state index contributed by atoms with van der Waals surface area (Å²) in [5, 5.41) is 6.53. The summed E-state index contributed by atoms with van der Waals surface area (Å²) in [6.45, 7) is 2.30. The minimum absolute atomic E-state index is 0.0863. The number of pyridine rings is 1. The van der Waals surface area contributed by atoms with E-state index in [0.29, 0.717) is 24.1 Å². The van der Waals surface area contributed by atoms with Crippen molar-refractivity contribution in [3.8, 4) is 0 Å². The molecule has 2 N–H and O–H groups in total. The maximum absolute atomic E-state index is 13.7. The van der Waals surface area contributed by atoms with Crippen LogP contribution in [0.3, 0.4) is 0 Å². The lowest BCUT2D eigenvalue weighted by molar-refractivity contribution is 0.495. The van der Waals surface area contributed by atoms with Crippen molar-refractivity contribution >= 4 is 27.8 Å². The van der Waals surface area contributed by atoms with E-state index in [9.17, 15) is 4.79 Å². The number of benzene rings is 1. The number of hydrogen-bond donors (Lipinski definition) is 1. The molecule has 4 aromatic heterocycles. The fourth-order valence-electron chi connectivity index (χ4n) is 4.78. The van der Waals surface area contributed by atoms with Crippen molar-refractivity contribution in [2.75, 3.05) is 18.0 Å². The lowest BCUT2D eigenvalue weighted by atomic mass is 10.1. The van der Waals surface area contributed by atoms with Crippen molar-refractivity contribution in [2.24, 2.45) is 5.73 Å². The second kappa shape index (κ2) is 8.42. The molecule has 0 radical (unpaired) electrons. The van der Waals surface area contributed by atoms with Crippen molar-refractivity contribution in [2.45, 2.75) is 32.0 Å². The molecule has 172 valence electrons. The number of furan rings is 1. The molecule has 34 heavy (non-hydrogen) atoms. The molecule has 5 heterocycles. The number of anilines is 1. The van der Waals surface area contributed by atoms with Gasteiger partial charge in [0.2, 0.25) is 5.95 Å². The van der Waals surface area contributed by atoms with Crippen LogP contribution >= 0.6 is 0 Å². The molecule has 0 saturated carbocycles. The second-order valence-electron chi connectivity index (χ2n) is 8.80. The van der Waals surface area contributed by atoms with E-state index < -0.39 is 0 Å². The summed E-state index contributed by atoms with van der Waals surface area (Å²) >= 11 is 0. The highest BCUT2D eigenvalue weighted by Crippen LogP contribution is 2.25. The minimum atomic E-state index is -0.198. The molecular formula is C25H25N7O2. The molecule has 0 spiro atoms. The number of rotatable bonds is 5. The Labute approximate surface area is 195 Å². The van der Waals surface area contributed by atoms with Crippen LogP contribution in [0.1, 0.15) is 24.1 Å². The molecular weight excluding hydrogens is 430 g/mol. The molecule has 9 nitrogen and oxygen atoms in total. The van der Waals surface area contributed by atoms with E-state index >= 15 is 0 Å². The summed E-state index contributed by atoms with van der Waals surface area (Å²) in [6.07, 6.45) is 8.74. The fourth-order valence-corrected chi connectivity index (χ4v) is 4.78.